The monoisotopic (exact) mass is 336 g/mol. The Bertz CT molecular complexity index is 693. The van der Waals surface area contributed by atoms with Gasteiger partial charge in [-0.3, -0.25) is 9.78 Å². The molecule has 1 unspecified atom stereocenters. The number of benzene rings is 1. The van der Waals surface area contributed by atoms with Crippen LogP contribution >= 0.6 is 23.2 Å². The van der Waals surface area contributed by atoms with Gasteiger partial charge in [0.15, 0.2) is 0 Å². The van der Waals surface area contributed by atoms with Crippen LogP contribution in [-0.4, -0.2) is 35.5 Å². The van der Waals surface area contributed by atoms with Crippen molar-refractivity contribution in [3.8, 4) is 0 Å². The van der Waals surface area contributed by atoms with Gasteiger partial charge in [-0.15, -0.1) is 0 Å². The van der Waals surface area contributed by atoms with Gasteiger partial charge in [0.2, 0.25) is 0 Å². The van der Waals surface area contributed by atoms with Crippen molar-refractivity contribution in [3.05, 3.63) is 63.9 Å². The highest BCUT2D eigenvalue weighted by molar-refractivity contribution is 6.31. The molecule has 0 saturated carbocycles. The van der Waals surface area contributed by atoms with E-state index in [1.54, 1.807) is 17.0 Å². The molecule has 1 fully saturated rings. The summed E-state index contributed by atoms with van der Waals surface area (Å²) < 4.78 is 5.76. The number of aromatic nitrogens is 1. The predicted octanol–water partition coefficient (Wildman–Crippen LogP) is 3.60. The minimum atomic E-state index is -0.231. The third-order valence-electron chi connectivity index (χ3n) is 3.55. The van der Waals surface area contributed by atoms with E-state index in [-0.39, 0.29) is 12.0 Å². The molecular weight excluding hydrogens is 323 g/mol. The van der Waals surface area contributed by atoms with E-state index in [4.69, 9.17) is 27.9 Å². The first-order valence-electron chi connectivity index (χ1n) is 6.92. The van der Waals surface area contributed by atoms with Gasteiger partial charge in [-0.25, -0.2) is 0 Å². The van der Waals surface area contributed by atoms with Crippen LogP contribution in [0.4, 0.5) is 0 Å². The Hall–Kier alpha value is -1.62. The minimum absolute atomic E-state index is 0.150. The molecule has 1 saturated heterocycles. The molecule has 0 N–H and O–H groups in total. The summed E-state index contributed by atoms with van der Waals surface area (Å²) in [5.41, 5.74) is 1.23. The number of hydrogen-bond acceptors (Lipinski definition) is 3. The quantitative estimate of drug-likeness (QED) is 0.841. The van der Waals surface area contributed by atoms with Gasteiger partial charge in [0.1, 0.15) is 11.8 Å². The van der Waals surface area contributed by atoms with Crippen molar-refractivity contribution in [2.45, 2.75) is 6.10 Å². The number of carbonyl (C=O) groups is 1. The number of ether oxygens (including phenoxy) is 1. The fourth-order valence-electron chi connectivity index (χ4n) is 2.44. The third kappa shape index (κ3) is 3.24. The van der Waals surface area contributed by atoms with Crippen molar-refractivity contribution in [1.29, 1.82) is 0 Å². The number of amides is 1. The SMILES string of the molecule is O=C(c1cc(Cl)ccn1)N1CCOC(c2ccccc2Cl)C1. The second-order valence-corrected chi connectivity index (χ2v) is 5.84. The van der Waals surface area contributed by atoms with E-state index in [1.807, 2.05) is 24.3 Å². The van der Waals surface area contributed by atoms with Gasteiger partial charge in [-0.2, -0.15) is 0 Å². The standard InChI is InChI=1S/C16H14Cl2N2O2/c17-11-5-6-19-14(9-11)16(21)20-7-8-22-15(10-20)12-3-1-2-4-13(12)18/h1-6,9,15H,7-8,10H2. The van der Waals surface area contributed by atoms with Crippen LogP contribution < -0.4 is 0 Å². The summed E-state index contributed by atoms with van der Waals surface area (Å²) in [6.45, 7) is 1.42. The van der Waals surface area contributed by atoms with Crippen LogP contribution in [0.3, 0.4) is 0 Å². The lowest BCUT2D eigenvalue weighted by molar-refractivity contribution is -0.0229. The highest BCUT2D eigenvalue weighted by atomic mass is 35.5. The van der Waals surface area contributed by atoms with Crippen LogP contribution in [0.2, 0.25) is 10.0 Å². The predicted molar refractivity (Wildman–Crippen MR) is 85.3 cm³/mol. The van der Waals surface area contributed by atoms with Gasteiger partial charge in [0.05, 0.1) is 13.2 Å². The zero-order valence-corrected chi connectivity index (χ0v) is 13.2. The average Bonchev–Trinajstić information content (AvgIpc) is 2.55. The van der Waals surface area contributed by atoms with Crippen molar-refractivity contribution in [1.82, 2.24) is 9.88 Å². The molecule has 0 bridgehead atoms. The van der Waals surface area contributed by atoms with Crippen molar-refractivity contribution >= 4 is 29.1 Å². The van der Waals surface area contributed by atoms with E-state index in [2.05, 4.69) is 4.98 Å². The highest BCUT2D eigenvalue weighted by Crippen LogP contribution is 2.28. The molecule has 0 radical (unpaired) electrons. The summed E-state index contributed by atoms with van der Waals surface area (Å²) in [5.74, 6) is -0.150. The summed E-state index contributed by atoms with van der Waals surface area (Å²) in [6.07, 6.45) is 1.30. The van der Waals surface area contributed by atoms with Crippen LogP contribution in [0.5, 0.6) is 0 Å². The summed E-state index contributed by atoms with van der Waals surface area (Å²) in [4.78, 5) is 18.3. The molecule has 2 aromatic rings. The van der Waals surface area contributed by atoms with Gasteiger partial charge in [-0.1, -0.05) is 41.4 Å². The topological polar surface area (TPSA) is 42.4 Å². The van der Waals surface area contributed by atoms with Gasteiger partial charge in [0.25, 0.3) is 5.91 Å². The number of halogens is 2. The maximum Gasteiger partial charge on any atom is 0.272 e. The number of rotatable bonds is 2. The summed E-state index contributed by atoms with van der Waals surface area (Å²) >= 11 is 12.1. The van der Waals surface area contributed by atoms with Gasteiger partial charge >= 0.3 is 0 Å². The van der Waals surface area contributed by atoms with Crippen molar-refractivity contribution in [2.75, 3.05) is 19.7 Å². The Morgan fingerprint density at radius 1 is 1.27 bits per heavy atom. The zero-order valence-electron chi connectivity index (χ0n) is 11.7. The second kappa shape index (κ2) is 6.65. The van der Waals surface area contributed by atoms with E-state index in [9.17, 15) is 4.79 Å². The molecule has 1 aromatic heterocycles. The smallest absolute Gasteiger partial charge is 0.272 e. The fourth-order valence-corrected chi connectivity index (χ4v) is 2.86. The second-order valence-electron chi connectivity index (χ2n) is 4.99. The van der Waals surface area contributed by atoms with Crippen molar-refractivity contribution in [3.63, 3.8) is 0 Å². The lowest BCUT2D eigenvalue weighted by Crippen LogP contribution is -2.42. The maximum atomic E-state index is 12.5. The number of carbonyl (C=O) groups excluding carboxylic acids is 1. The first-order chi connectivity index (χ1) is 10.6. The Morgan fingerprint density at radius 3 is 2.86 bits per heavy atom. The Balaban J connectivity index is 1.78. The van der Waals surface area contributed by atoms with Crippen molar-refractivity contribution in [2.24, 2.45) is 0 Å². The molecule has 1 aliphatic heterocycles. The molecule has 1 atom stereocenters. The average molecular weight is 337 g/mol. The molecule has 0 aliphatic carbocycles. The van der Waals surface area contributed by atoms with Crippen LogP contribution in [0.25, 0.3) is 0 Å². The number of morpholine rings is 1. The lowest BCUT2D eigenvalue weighted by atomic mass is 10.1. The number of hydrogen-bond donors (Lipinski definition) is 0. The van der Waals surface area contributed by atoms with Crippen molar-refractivity contribution < 1.29 is 9.53 Å². The van der Waals surface area contributed by atoms with E-state index in [0.717, 1.165) is 5.56 Å². The molecule has 22 heavy (non-hydrogen) atoms. The Labute approximate surface area is 138 Å². The van der Waals surface area contributed by atoms with Crippen LogP contribution in [0, 0.1) is 0 Å². The van der Waals surface area contributed by atoms with Gasteiger partial charge in [-0.05, 0) is 18.2 Å². The van der Waals surface area contributed by atoms with E-state index in [0.29, 0.717) is 35.4 Å². The zero-order chi connectivity index (χ0) is 15.5. The first kappa shape index (κ1) is 15.3. The van der Waals surface area contributed by atoms with Crippen LogP contribution in [0.1, 0.15) is 22.2 Å². The molecule has 1 amide bonds. The van der Waals surface area contributed by atoms with E-state index < -0.39 is 0 Å². The van der Waals surface area contributed by atoms with Gasteiger partial charge in [0, 0.05) is 28.4 Å². The molecular formula is C16H14Cl2N2O2. The maximum absolute atomic E-state index is 12.5. The first-order valence-corrected chi connectivity index (χ1v) is 7.67. The van der Waals surface area contributed by atoms with Crippen LogP contribution in [-0.2, 0) is 4.74 Å². The molecule has 4 nitrogen and oxygen atoms in total. The molecule has 114 valence electrons. The molecule has 0 spiro atoms. The molecule has 1 aromatic carbocycles. The summed E-state index contributed by atoms with van der Waals surface area (Å²) in [5, 5.41) is 1.14. The third-order valence-corrected chi connectivity index (χ3v) is 4.13. The van der Waals surface area contributed by atoms with E-state index in [1.165, 1.54) is 6.20 Å². The van der Waals surface area contributed by atoms with Crippen LogP contribution in [0.15, 0.2) is 42.6 Å². The largest absolute Gasteiger partial charge is 0.370 e. The molecule has 3 rings (SSSR count). The summed E-state index contributed by atoms with van der Waals surface area (Å²) in [6, 6.07) is 10.7. The summed E-state index contributed by atoms with van der Waals surface area (Å²) in [7, 11) is 0. The fraction of sp³-hybridized carbons (Fsp3) is 0.250. The normalized spacial score (nSPS) is 18.3. The Morgan fingerprint density at radius 2 is 2.09 bits per heavy atom. The number of nitrogens with zero attached hydrogens (tertiary/aromatic N) is 2. The number of pyridine rings is 1. The molecule has 2 heterocycles. The molecule has 1 aliphatic rings. The lowest BCUT2D eigenvalue weighted by Gasteiger charge is -2.33. The van der Waals surface area contributed by atoms with Gasteiger partial charge < -0.3 is 9.64 Å². The highest BCUT2D eigenvalue weighted by Gasteiger charge is 2.27. The molecule has 6 heteroatoms. The Kier molecular flexibility index (Phi) is 4.62. The minimum Gasteiger partial charge on any atom is -0.370 e. The van der Waals surface area contributed by atoms with E-state index >= 15 is 0 Å².